The van der Waals surface area contributed by atoms with Crippen LogP contribution in [0.2, 0.25) is 0 Å². The number of aromatic nitrogens is 3. The number of fused-ring (bicyclic) bond motifs is 1. The van der Waals surface area contributed by atoms with Gasteiger partial charge < -0.3 is 25.2 Å². The highest BCUT2D eigenvalue weighted by Gasteiger charge is 2.24. The molecule has 0 bridgehead atoms. The number of hydrogen-bond acceptors (Lipinski definition) is 8. The number of halogens is 1. The highest BCUT2D eigenvalue weighted by molar-refractivity contribution is 6.02. The van der Waals surface area contributed by atoms with Crippen molar-refractivity contribution in [2.75, 3.05) is 49.8 Å². The van der Waals surface area contributed by atoms with Gasteiger partial charge in [0.1, 0.15) is 11.4 Å². The molecular weight excluding hydrogens is 509 g/mol. The lowest BCUT2D eigenvalue weighted by Crippen LogP contribution is -2.42. The first-order valence-corrected chi connectivity index (χ1v) is 13.1. The van der Waals surface area contributed by atoms with E-state index in [9.17, 15) is 9.18 Å². The van der Waals surface area contributed by atoms with Crippen LogP contribution in [0.15, 0.2) is 67.5 Å². The van der Waals surface area contributed by atoms with Crippen molar-refractivity contribution < 1.29 is 13.9 Å². The van der Waals surface area contributed by atoms with Crippen LogP contribution in [0.25, 0.3) is 22.2 Å². The molecule has 0 unspecified atom stereocenters. The van der Waals surface area contributed by atoms with Gasteiger partial charge in [0.15, 0.2) is 5.82 Å². The van der Waals surface area contributed by atoms with Crippen molar-refractivity contribution in [1.82, 2.24) is 19.9 Å². The minimum atomic E-state index is -0.565. The van der Waals surface area contributed by atoms with Crippen LogP contribution in [0.1, 0.15) is 12.8 Å². The zero-order chi connectivity index (χ0) is 28.2. The number of para-hydroxylation sites is 1. The molecule has 5 rings (SSSR count). The number of benzene rings is 2. The predicted octanol–water partition coefficient (Wildman–Crippen LogP) is 5.24. The Morgan fingerprint density at radius 2 is 1.90 bits per heavy atom. The summed E-state index contributed by atoms with van der Waals surface area (Å²) in [6.07, 6.45) is 5.94. The quantitative estimate of drug-likeness (QED) is 0.293. The third kappa shape index (κ3) is 5.72. The molecule has 1 aliphatic heterocycles. The van der Waals surface area contributed by atoms with Crippen molar-refractivity contribution in [3.05, 3.63) is 73.3 Å². The van der Waals surface area contributed by atoms with Crippen LogP contribution in [-0.2, 0) is 4.79 Å². The molecule has 3 heterocycles. The number of carbonyl (C=O) groups is 1. The number of piperidine rings is 1. The van der Waals surface area contributed by atoms with Gasteiger partial charge in [-0.25, -0.2) is 14.4 Å². The average molecular weight is 542 g/mol. The zero-order valence-corrected chi connectivity index (χ0v) is 22.8. The molecule has 1 fully saturated rings. The molecule has 2 N–H and O–H groups in total. The summed E-state index contributed by atoms with van der Waals surface area (Å²) in [5.41, 5.74) is 3.42. The van der Waals surface area contributed by atoms with Gasteiger partial charge in [0.2, 0.25) is 11.9 Å². The standard InChI is InChI=1S/C30H32FN7O2/c1-5-28(39)34-24-15-25(27(40-4)16-26(24)38-12-10-21(11-13-38)37(2)3)35-30-33-18-22(31)29(36-30)20-14-19-8-6-7-9-23(19)32-17-20/h5-9,14-18,21H,1,10-13H2,2-4H3,(H,34,39)(H,33,35,36). The summed E-state index contributed by atoms with van der Waals surface area (Å²) in [7, 11) is 5.76. The van der Waals surface area contributed by atoms with Gasteiger partial charge in [-0.3, -0.25) is 9.78 Å². The molecule has 1 saturated heterocycles. The van der Waals surface area contributed by atoms with Gasteiger partial charge >= 0.3 is 0 Å². The lowest BCUT2D eigenvalue weighted by Gasteiger charge is -2.37. The van der Waals surface area contributed by atoms with Gasteiger partial charge in [-0.05, 0) is 51.2 Å². The molecule has 1 aliphatic rings. The third-order valence-corrected chi connectivity index (χ3v) is 7.15. The monoisotopic (exact) mass is 541 g/mol. The Kier molecular flexibility index (Phi) is 7.88. The van der Waals surface area contributed by atoms with E-state index >= 15 is 0 Å². The summed E-state index contributed by atoms with van der Waals surface area (Å²) in [6.45, 7) is 5.25. The fourth-order valence-corrected chi connectivity index (χ4v) is 4.96. The van der Waals surface area contributed by atoms with Crippen LogP contribution in [0.5, 0.6) is 5.75 Å². The van der Waals surface area contributed by atoms with Crippen LogP contribution < -0.4 is 20.3 Å². The summed E-state index contributed by atoms with van der Waals surface area (Å²) < 4.78 is 20.6. The topological polar surface area (TPSA) is 95.5 Å². The number of nitrogens with zero attached hydrogens (tertiary/aromatic N) is 5. The number of pyridine rings is 1. The number of methoxy groups -OCH3 is 1. The SMILES string of the molecule is C=CC(=O)Nc1cc(Nc2ncc(F)c(-c3cnc4ccccc4c3)n2)c(OC)cc1N1CCC(N(C)C)CC1. The predicted molar refractivity (Wildman–Crippen MR) is 157 cm³/mol. The van der Waals surface area contributed by atoms with Gasteiger partial charge in [0.05, 0.1) is 35.9 Å². The van der Waals surface area contributed by atoms with E-state index < -0.39 is 5.82 Å². The molecule has 2 aromatic heterocycles. The number of rotatable bonds is 8. The molecule has 10 heteroatoms. The number of anilines is 4. The Morgan fingerprint density at radius 3 is 2.62 bits per heavy atom. The summed E-state index contributed by atoms with van der Waals surface area (Å²) in [4.78, 5) is 29.9. The van der Waals surface area contributed by atoms with Crippen LogP contribution in [0.3, 0.4) is 0 Å². The highest BCUT2D eigenvalue weighted by atomic mass is 19.1. The summed E-state index contributed by atoms with van der Waals surface area (Å²) in [5, 5.41) is 6.94. The summed E-state index contributed by atoms with van der Waals surface area (Å²) in [5.74, 6) is -0.193. The van der Waals surface area contributed by atoms with E-state index in [0.717, 1.165) is 48.7 Å². The smallest absolute Gasteiger partial charge is 0.247 e. The lowest BCUT2D eigenvalue weighted by atomic mass is 10.0. The Bertz CT molecular complexity index is 1550. The van der Waals surface area contributed by atoms with Gasteiger partial charge in [-0.15, -0.1) is 0 Å². The molecule has 0 spiro atoms. The number of hydrogen-bond donors (Lipinski definition) is 2. The van der Waals surface area contributed by atoms with Crippen molar-refractivity contribution in [1.29, 1.82) is 0 Å². The van der Waals surface area contributed by atoms with Crippen LogP contribution in [0, 0.1) is 5.82 Å². The molecule has 0 atom stereocenters. The number of nitrogens with one attached hydrogen (secondary N) is 2. The maximum atomic E-state index is 14.9. The Labute approximate surface area is 232 Å². The molecule has 1 amide bonds. The number of ether oxygens (including phenoxy) is 1. The minimum absolute atomic E-state index is 0.121. The van der Waals surface area contributed by atoms with E-state index in [1.54, 1.807) is 19.4 Å². The fourth-order valence-electron chi connectivity index (χ4n) is 4.96. The maximum absolute atomic E-state index is 14.9. The molecule has 206 valence electrons. The summed E-state index contributed by atoms with van der Waals surface area (Å²) in [6, 6.07) is 13.6. The fraction of sp³-hybridized carbons (Fsp3) is 0.267. The lowest BCUT2D eigenvalue weighted by molar-refractivity contribution is -0.111. The van der Waals surface area contributed by atoms with Gasteiger partial charge in [0.25, 0.3) is 0 Å². The molecular formula is C30H32FN7O2. The van der Waals surface area contributed by atoms with Gasteiger partial charge in [-0.2, -0.15) is 0 Å². The van der Waals surface area contributed by atoms with Crippen LogP contribution >= 0.6 is 0 Å². The molecule has 2 aromatic carbocycles. The first kappa shape index (κ1) is 27.0. The molecule has 0 radical (unpaired) electrons. The van der Waals surface area contributed by atoms with Crippen LogP contribution in [0.4, 0.5) is 27.4 Å². The Balaban J connectivity index is 1.48. The normalized spacial score (nSPS) is 13.9. The van der Waals surface area contributed by atoms with Crippen molar-refractivity contribution in [2.45, 2.75) is 18.9 Å². The second-order valence-corrected chi connectivity index (χ2v) is 9.88. The number of amides is 1. The molecule has 0 aliphatic carbocycles. The van der Waals surface area contributed by atoms with Crippen molar-refractivity contribution in [3.63, 3.8) is 0 Å². The van der Waals surface area contributed by atoms with Crippen molar-refractivity contribution in [2.24, 2.45) is 0 Å². The molecule has 40 heavy (non-hydrogen) atoms. The van der Waals surface area contributed by atoms with E-state index in [0.29, 0.717) is 28.7 Å². The first-order valence-electron chi connectivity index (χ1n) is 13.1. The third-order valence-electron chi connectivity index (χ3n) is 7.15. The first-order chi connectivity index (χ1) is 19.4. The second-order valence-electron chi connectivity index (χ2n) is 9.88. The van der Waals surface area contributed by atoms with Crippen molar-refractivity contribution in [3.8, 4) is 17.0 Å². The van der Waals surface area contributed by atoms with Crippen molar-refractivity contribution >= 4 is 39.8 Å². The Morgan fingerprint density at radius 1 is 1.12 bits per heavy atom. The van der Waals surface area contributed by atoms with E-state index in [4.69, 9.17) is 4.74 Å². The zero-order valence-electron chi connectivity index (χ0n) is 22.8. The minimum Gasteiger partial charge on any atom is -0.494 e. The second kappa shape index (κ2) is 11.7. The van der Waals surface area contributed by atoms with Gasteiger partial charge in [-0.1, -0.05) is 24.8 Å². The number of carbonyl (C=O) groups excluding carboxylic acids is 1. The van der Waals surface area contributed by atoms with E-state index in [2.05, 4.69) is 56.1 Å². The maximum Gasteiger partial charge on any atom is 0.247 e. The highest BCUT2D eigenvalue weighted by Crippen LogP contribution is 2.39. The molecule has 9 nitrogen and oxygen atoms in total. The average Bonchev–Trinajstić information content (AvgIpc) is 2.98. The molecule has 4 aromatic rings. The van der Waals surface area contributed by atoms with E-state index in [1.165, 1.54) is 6.08 Å². The van der Waals surface area contributed by atoms with Gasteiger partial charge in [0, 0.05) is 42.3 Å². The summed E-state index contributed by atoms with van der Waals surface area (Å²) >= 11 is 0. The largest absolute Gasteiger partial charge is 0.494 e. The van der Waals surface area contributed by atoms with E-state index in [1.807, 2.05) is 36.4 Å². The van der Waals surface area contributed by atoms with Crippen LogP contribution in [-0.4, -0.2) is 66.1 Å². The Hall–Kier alpha value is -4.57. The molecule has 0 saturated carbocycles. The van der Waals surface area contributed by atoms with E-state index in [-0.39, 0.29) is 17.5 Å².